The summed E-state index contributed by atoms with van der Waals surface area (Å²) in [4.78, 5) is 4.08. The van der Waals surface area contributed by atoms with Gasteiger partial charge >= 0.3 is 0 Å². The van der Waals surface area contributed by atoms with Gasteiger partial charge in [0, 0.05) is 17.3 Å². The predicted octanol–water partition coefficient (Wildman–Crippen LogP) is 4.93. The van der Waals surface area contributed by atoms with Gasteiger partial charge in [-0.3, -0.25) is 10.1 Å². The Kier molecular flexibility index (Phi) is 3.78. The molecule has 0 saturated heterocycles. The maximum atomic E-state index is 5.97. The van der Waals surface area contributed by atoms with Gasteiger partial charge in [0.25, 0.3) is 0 Å². The predicted molar refractivity (Wildman–Crippen MR) is 93.8 cm³/mol. The third kappa shape index (κ3) is 2.90. The molecular formula is C20H15N3O. The van der Waals surface area contributed by atoms with Gasteiger partial charge < -0.3 is 4.74 Å². The average Bonchev–Trinajstić information content (AvgIpc) is 3.14. The average molecular weight is 313 g/mol. The Morgan fingerprint density at radius 1 is 0.833 bits per heavy atom. The molecule has 0 spiro atoms. The summed E-state index contributed by atoms with van der Waals surface area (Å²) in [6.45, 7) is 0. The van der Waals surface area contributed by atoms with Crippen LogP contribution in [-0.4, -0.2) is 15.2 Å². The van der Waals surface area contributed by atoms with Crippen molar-refractivity contribution in [3.8, 4) is 34.0 Å². The molecule has 0 aliphatic carbocycles. The third-order valence-corrected chi connectivity index (χ3v) is 3.69. The Hall–Kier alpha value is -3.40. The molecule has 0 unspecified atom stereocenters. The van der Waals surface area contributed by atoms with Gasteiger partial charge in [-0.1, -0.05) is 42.5 Å². The van der Waals surface area contributed by atoms with Gasteiger partial charge in [0.05, 0.1) is 17.6 Å². The number of nitrogens with zero attached hydrogens (tertiary/aromatic N) is 2. The Balaban J connectivity index is 1.69. The van der Waals surface area contributed by atoms with E-state index >= 15 is 0 Å². The SMILES string of the molecule is c1ccc(-c2cc(-c3ccccc3Oc3cccnc3)[nH]n2)cc1. The van der Waals surface area contributed by atoms with Crippen LogP contribution in [0.25, 0.3) is 22.5 Å². The van der Waals surface area contributed by atoms with E-state index in [0.717, 1.165) is 28.3 Å². The number of hydrogen-bond acceptors (Lipinski definition) is 3. The highest BCUT2D eigenvalue weighted by molar-refractivity contribution is 5.72. The number of ether oxygens (including phenoxy) is 1. The molecule has 0 aliphatic rings. The van der Waals surface area contributed by atoms with Crippen molar-refractivity contribution >= 4 is 0 Å². The molecule has 116 valence electrons. The first-order chi connectivity index (χ1) is 11.9. The maximum absolute atomic E-state index is 5.97. The van der Waals surface area contributed by atoms with Crippen LogP contribution in [0.3, 0.4) is 0 Å². The zero-order valence-corrected chi connectivity index (χ0v) is 12.9. The summed E-state index contributed by atoms with van der Waals surface area (Å²) in [6, 6.07) is 23.7. The molecule has 1 N–H and O–H groups in total. The van der Waals surface area contributed by atoms with E-state index in [1.807, 2.05) is 72.8 Å². The fourth-order valence-corrected chi connectivity index (χ4v) is 2.53. The van der Waals surface area contributed by atoms with Crippen LogP contribution in [0.15, 0.2) is 85.2 Å². The third-order valence-electron chi connectivity index (χ3n) is 3.69. The fraction of sp³-hybridized carbons (Fsp3) is 0. The van der Waals surface area contributed by atoms with Gasteiger partial charge in [0.2, 0.25) is 0 Å². The number of rotatable bonds is 4. The molecule has 4 aromatic rings. The van der Waals surface area contributed by atoms with Gasteiger partial charge in [0.15, 0.2) is 0 Å². The van der Waals surface area contributed by atoms with E-state index in [4.69, 9.17) is 4.74 Å². The zero-order chi connectivity index (χ0) is 16.2. The van der Waals surface area contributed by atoms with Crippen molar-refractivity contribution in [2.24, 2.45) is 0 Å². The lowest BCUT2D eigenvalue weighted by Gasteiger charge is -2.09. The van der Waals surface area contributed by atoms with E-state index in [1.165, 1.54) is 0 Å². The van der Waals surface area contributed by atoms with Crippen LogP contribution < -0.4 is 4.74 Å². The minimum absolute atomic E-state index is 0.702. The van der Waals surface area contributed by atoms with Crippen molar-refractivity contribution in [2.75, 3.05) is 0 Å². The first-order valence-electron chi connectivity index (χ1n) is 7.68. The smallest absolute Gasteiger partial charge is 0.145 e. The molecule has 2 aromatic heterocycles. The number of aromatic nitrogens is 3. The largest absolute Gasteiger partial charge is 0.455 e. The highest BCUT2D eigenvalue weighted by atomic mass is 16.5. The van der Waals surface area contributed by atoms with Crippen LogP contribution in [-0.2, 0) is 0 Å². The Morgan fingerprint density at radius 3 is 2.50 bits per heavy atom. The van der Waals surface area contributed by atoms with Gasteiger partial charge in [-0.05, 0) is 30.3 Å². The quantitative estimate of drug-likeness (QED) is 0.581. The highest BCUT2D eigenvalue weighted by Gasteiger charge is 2.11. The van der Waals surface area contributed by atoms with Crippen LogP contribution in [0.1, 0.15) is 0 Å². The monoisotopic (exact) mass is 313 g/mol. The summed E-state index contributed by atoms with van der Waals surface area (Å²) in [6.07, 6.45) is 3.42. The fourth-order valence-electron chi connectivity index (χ4n) is 2.53. The number of nitrogens with one attached hydrogen (secondary N) is 1. The highest BCUT2D eigenvalue weighted by Crippen LogP contribution is 2.33. The maximum Gasteiger partial charge on any atom is 0.145 e. The molecule has 0 aliphatic heterocycles. The van der Waals surface area contributed by atoms with Crippen molar-refractivity contribution in [1.82, 2.24) is 15.2 Å². The van der Waals surface area contributed by atoms with Crippen LogP contribution in [0.5, 0.6) is 11.5 Å². The van der Waals surface area contributed by atoms with E-state index in [1.54, 1.807) is 12.4 Å². The second-order valence-corrected chi connectivity index (χ2v) is 5.32. The number of aromatic amines is 1. The van der Waals surface area contributed by atoms with Gasteiger partial charge in [-0.2, -0.15) is 5.10 Å². The molecule has 4 nitrogen and oxygen atoms in total. The molecule has 4 rings (SSSR count). The van der Waals surface area contributed by atoms with E-state index < -0.39 is 0 Å². The number of hydrogen-bond donors (Lipinski definition) is 1. The lowest BCUT2D eigenvalue weighted by Crippen LogP contribution is -1.88. The Morgan fingerprint density at radius 2 is 1.67 bits per heavy atom. The minimum atomic E-state index is 0.702. The van der Waals surface area contributed by atoms with Crippen LogP contribution >= 0.6 is 0 Å². The van der Waals surface area contributed by atoms with Gasteiger partial charge in [-0.25, -0.2) is 0 Å². The zero-order valence-electron chi connectivity index (χ0n) is 12.9. The molecule has 2 aromatic carbocycles. The summed E-state index contributed by atoms with van der Waals surface area (Å²) in [5.41, 5.74) is 3.84. The van der Waals surface area contributed by atoms with Crippen LogP contribution in [0, 0.1) is 0 Å². The summed E-state index contributed by atoms with van der Waals surface area (Å²) in [5, 5.41) is 7.52. The molecule has 2 heterocycles. The Labute approximate surface area is 139 Å². The number of pyridine rings is 1. The molecule has 0 radical (unpaired) electrons. The first-order valence-corrected chi connectivity index (χ1v) is 7.68. The second-order valence-electron chi connectivity index (χ2n) is 5.32. The van der Waals surface area contributed by atoms with Gasteiger partial charge in [-0.15, -0.1) is 0 Å². The normalized spacial score (nSPS) is 10.5. The van der Waals surface area contributed by atoms with Crippen molar-refractivity contribution in [3.63, 3.8) is 0 Å². The summed E-state index contributed by atoms with van der Waals surface area (Å²) in [5.74, 6) is 1.46. The second kappa shape index (κ2) is 6.38. The summed E-state index contributed by atoms with van der Waals surface area (Å²) >= 11 is 0. The van der Waals surface area contributed by atoms with Crippen LogP contribution in [0.4, 0.5) is 0 Å². The minimum Gasteiger partial charge on any atom is -0.455 e. The lowest BCUT2D eigenvalue weighted by molar-refractivity contribution is 0.482. The van der Waals surface area contributed by atoms with Crippen molar-refractivity contribution in [2.45, 2.75) is 0 Å². The van der Waals surface area contributed by atoms with Gasteiger partial charge in [0.1, 0.15) is 11.5 Å². The topological polar surface area (TPSA) is 50.8 Å². The number of H-pyrrole nitrogens is 1. The molecule has 0 atom stereocenters. The molecule has 0 fully saturated rings. The molecular weight excluding hydrogens is 298 g/mol. The van der Waals surface area contributed by atoms with E-state index in [-0.39, 0.29) is 0 Å². The van der Waals surface area contributed by atoms with Crippen molar-refractivity contribution < 1.29 is 4.74 Å². The summed E-state index contributed by atoms with van der Waals surface area (Å²) < 4.78 is 5.97. The Bertz CT molecular complexity index is 933. The first kappa shape index (κ1) is 14.2. The standard InChI is InChI=1S/C20H15N3O/c1-2-7-15(8-3-1)18-13-19(23-22-18)17-10-4-5-11-20(17)24-16-9-6-12-21-14-16/h1-14H,(H,22,23). The molecule has 0 bridgehead atoms. The lowest BCUT2D eigenvalue weighted by atomic mass is 10.1. The molecule has 24 heavy (non-hydrogen) atoms. The van der Waals surface area contributed by atoms with E-state index in [9.17, 15) is 0 Å². The van der Waals surface area contributed by atoms with E-state index in [2.05, 4.69) is 15.2 Å². The van der Waals surface area contributed by atoms with Crippen LogP contribution in [0.2, 0.25) is 0 Å². The van der Waals surface area contributed by atoms with Crippen molar-refractivity contribution in [1.29, 1.82) is 0 Å². The number of benzene rings is 2. The molecule has 0 amide bonds. The molecule has 0 saturated carbocycles. The van der Waals surface area contributed by atoms with E-state index in [0.29, 0.717) is 5.75 Å². The van der Waals surface area contributed by atoms with Crippen molar-refractivity contribution in [3.05, 3.63) is 85.2 Å². The number of para-hydroxylation sites is 1. The molecule has 4 heteroatoms. The summed E-state index contributed by atoms with van der Waals surface area (Å²) in [7, 11) is 0.